The molecule has 6 nitrogen and oxygen atoms in total. The number of carbonyl (C=O) groups excluding carboxylic acids is 3. The number of aryl methyl sites for hydroxylation is 1. The summed E-state index contributed by atoms with van der Waals surface area (Å²) < 4.78 is 41.3. The summed E-state index contributed by atoms with van der Waals surface area (Å²) in [4.78, 5) is 39.0. The molecular formula is C28H26F3N3O3S. The Bertz CT molecular complexity index is 1440. The van der Waals surface area contributed by atoms with Crippen LogP contribution < -0.4 is 5.32 Å². The second-order valence-electron chi connectivity index (χ2n) is 9.30. The molecule has 1 N–H and O–H groups in total. The zero-order valence-electron chi connectivity index (χ0n) is 21.2. The van der Waals surface area contributed by atoms with E-state index in [9.17, 15) is 27.6 Å². The molecule has 10 heteroatoms. The summed E-state index contributed by atoms with van der Waals surface area (Å²) in [5, 5.41) is 2.13. The Balaban J connectivity index is 1.51. The zero-order chi connectivity index (χ0) is 27.8. The number of amides is 3. The van der Waals surface area contributed by atoms with Crippen molar-refractivity contribution in [3.63, 3.8) is 0 Å². The van der Waals surface area contributed by atoms with Gasteiger partial charge in [0, 0.05) is 22.8 Å². The molecule has 38 heavy (non-hydrogen) atoms. The Hall–Kier alpha value is -3.79. The largest absolute Gasteiger partial charge is 0.416 e. The molecule has 0 atom stereocenters. The topological polar surface area (TPSA) is 71.4 Å². The van der Waals surface area contributed by atoms with Gasteiger partial charge in [-0.1, -0.05) is 32.0 Å². The Morgan fingerprint density at radius 1 is 1.05 bits per heavy atom. The van der Waals surface area contributed by atoms with Crippen LogP contribution in [0.15, 0.2) is 59.5 Å². The van der Waals surface area contributed by atoms with Crippen molar-refractivity contribution in [3.05, 3.63) is 87.6 Å². The number of rotatable bonds is 6. The molecule has 0 unspecified atom stereocenters. The van der Waals surface area contributed by atoms with Gasteiger partial charge >= 0.3 is 6.18 Å². The highest BCUT2D eigenvalue weighted by Crippen LogP contribution is 2.35. The molecule has 2 aromatic carbocycles. The second-order valence-corrected chi connectivity index (χ2v) is 10.3. The molecular weight excluding hydrogens is 515 g/mol. The van der Waals surface area contributed by atoms with Gasteiger partial charge in [0.2, 0.25) is 5.91 Å². The van der Waals surface area contributed by atoms with Crippen molar-refractivity contribution in [1.82, 2.24) is 9.47 Å². The Morgan fingerprint density at radius 3 is 2.37 bits per heavy atom. The van der Waals surface area contributed by atoms with Crippen LogP contribution >= 0.6 is 11.8 Å². The molecule has 198 valence electrons. The third-order valence-corrected chi connectivity index (χ3v) is 7.13. The fourth-order valence-corrected chi connectivity index (χ4v) is 5.05. The molecule has 4 rings (SSSR count). The molecule has 0 aliphatic carbocycles. The molecule has 1 aliphatic heterocycles. The average molecular weight is 542 g/mol. The number of nitrogens with zero attached hydrogens (tertiary/aromatic N) is 2. The number of imide groups is 1. The van der Waals surface area contributed by atoms with E-state index >= 15 is 0 Å². The maximum absolute atomic E-state index is 13.2. The highest BCUT2D eigenvalue weighted by Gasteiger charge is 2.36. The van der Waals surface area contributed by atoms with Gasteiger partial charge in [0.15, 0.2) is 0 Å². The third kappa shape index (κ3) is 5.70. The van der Waals surface area contributed by atoms with Gasteiger partial charge in [-0.15, -0.1) is 0 Å². The molecule has 1 fully saturated rings. The third-order valence-electron chi connectivity index (χ3n) is 6.22. The summed E-state index contributed by atoms with van der Waals surface area (Å²) in [7, 11) is 0. The first-order valence-corrected chi connectivity index (χ1v) is 12.7. The van der Waals surface area contributed by atoms with Gasteiger partial charge in [0.25, 0.3) is 11.1 Å². The Labute approximate surface area is 222 Å². The zero-order valence-corrected chi connectivity index (χ0v) is 22.0. The van der Waals surface area contributed by atoms with E-state index < -0.39 is 35.3 Å². The maximum Gasteiger partial charge on any atom is 0.416 e. The quantitative estimate of drug-likeness (QED) is 0.344. The van der Waals surface area contributed by atoms with E-state index in [4.69, 9.17) is 0 Å². The fraction of sp³-hybridized carbons (Fsp3) is 0.250. The second kappa shape index (κ2) is 10.5. The lowest BCUT2D eigenvalue weighted by molar-refractivity contribution is -0.137. The van der Waals surface area contributed by atoms with Crippen LogP contribution in [-0.2, 0) is 15.8 Å². The standard InChI is InChI=1S/C28H26F3N3O3S/c1-16(2)19-8-10-22(11-9-19)32-25(35)15-33-26(36)24(38-27(33)37)13-20-12-17(3)34(18(20)4)23-7-5-6-21(14-23)28(29,30)31/h5-14,16H,15H2,1-4H3,(H,32,35)/b24-13-. The van der Waals surface area contributed by atoms with E-state index in [1.165, 1.54) is 12.1 Å². The van der Waals surface area contributed by atoms with Crippen LogP contribution in [0.5, 0.6) is 0 Å². The minimum absolute atomic E-state index is 0.133. The van der Waals surface area contributed by atoms with Gasteiger partial charge in [-0.2, -0.15) is 13.2 Å². The van der Waals surface area contributed by atoms with E-state index in [2.05, 4.69) is 19.2 Å². The smallest absolute Gasteiger partial charge is 0.325 e. The summed E-state index contributed by atoms with van der Waals surface area (Å²) in [5.74, 6) is -0.765. The number of nitrogens with one attached hydrogen (secondary N) is 1. The summed E-state index contributed by atoms with van der Waals surface area (Å²) in [6, 6.07) is 14.0. The number of thioether (sulfide) groups is 1. The maximum atomic E-state index is 13.2. The molecule has 3 aromatic rings. The molecule has 1 aromatic heterocycles. The lowest BCUT2D eigenvalue weighted by atomic mass is 10.0. The van der Waals surface area contributed by atoms with Crippen molar-refractivity contribution in [2.24, 2.45) is 0 Å². The SMILES string of the molecule is Cc1cc(/C=C2\SC(=O)N(CC(=O)Nc3ccc(C(C)C)cc3)C2=O)c(C)n1-c1cccc(C(F)(F)F)c1. The molecule has 0 spiro atoms. The normalized spacial score (nSPS) is 15.2. The first-order valence-electron chi connectivity index (χ1n) is 11.9. The number of carbonyl (C=O) groups is 3. The Morgan fingerprint density at radius 2 is 1.74 bits per heavy atom. The van der Waals surface area contributed by atoms with Crippen LogP contribution in [0.25, 0.3) is 11.8 Å². The lowest BCUT2D eigenvalue weighted by Crippen LogP contribution is -2.36. The van der Waals surface area contributed by atoms with Gasteiger partial charge in [-0.25, -0.2) is 0 Å². The monoisotopic (exact) mass is 541 g/mol. The van der Waals surface area contributed by atoms with Crippen LogP contribution in [0.1, 0.15) is 47.8 Å². The molecule has 3 amide bonds. The molecule has 1 aliphatic rings. The van der Waals surface area contributed by atoms with Crippen molar-refractivity contribution in [1.29, 1.82) is 0 Å². The number of hydrogen-bond acceptors (Lipinski definition) is 4. The van der Waals surface area contributed by atoms with Gasteiger partial charge < -0.3 is 9.88 Å². The Kier molecular flexibility index (Phi) is 7.55. The molecule has 1 saturated heterocycles. The number of anilines is 1. The van der Waals surface area contributed by atoms with Crippen LogP contribution in [0.4, 0.5) is 23.7 Å². The minimum Gasteiger partial charge on any atom is -0.325 e. The van der Waals surface area contributed by atoms with Gasteiger partial charge in [0.05, 0.1) is 10.5 Å². The average Bonchev–Trinajstić information content (AvgIpc) is 3.27. The summed E-state index contributed by atoms with van der Waals surface area (Å²) in [5.41, 5.74) is 3.10. The van der Waals surface area contributed by atoms with E-state index in [0.29, 0.717) is 46.0 Å². The van der Waals surface area contributed by atoms with Crippen LogP contribution in [0, 0.1) is 13.8 Å². The molecule has 0 bridgehead atoms. The van der Waals surface area contributed by atoms with Gasteiger partial charge in [-0.05, 0) is 85.1 Å². The van der Waals surface area contributed by atoms with E-state index in [0.717, 1.165) is 22.6 Å². The summed E-state index contributed by atoms with van der Waals surface area (Å²) >= 11 is 0.716. The summed E-state index contributed by atoms with van der Waals surface area (Å²) in [6.07, 6.45) is -2.95. The van der Waals surface area contributed by atoms with Crippen molar-refractivity contribution >= 4 is 40.6 Å². The molecule has 0 saturated carbocycles. The van der Waals surface area contributed by atoms with E-state index in [1.54, 1.807) is 42.7 Å². The highest BCUT2D eigenvalue weighted by atomic mass is 32.2. The number of benzene rings is 2. The van der Waals surface area contributed by atoms with E-state index in [1.807, 2.05) is 12.1 Å². The van der Waals surface area contributed by atoms with Gasteiger partial charge in [-0.3, -0.25) is 19.3 Å². The molecule has 2 heterocycles. The predicted molar refractivity (Wildman–Crippen MR) is 142 cm³/mol. The number of halogens is 3. The summed E-state index contributed by atoms with van der Waals surface area (Å²) in [6.45, 7) is 7.15. The van der Waals surface area contributed by atoms with Crippen LogP contribution in [0.3, 0.4) is 0 Å². The van der Waals surface area contributed by atoms with E-state index in [-0.39, 0.29) is 4.91 Å². The first kappa shape index (κ1) is 27.3. The van der Waals surface area contributed by atoms with Crippen molar-refractivity contribution in [3.8, 4) is 5.69 Å². The first-order chi connectivity index (χ1) is 17.8. The van der Waals surface area contributed by atoms with Crippen molar-refractivity contribution < 1.29 is 27.6 Å². The van der Waals surface area contributed by atoms with Crippen LogP contribution in [0.2, 0.25) is 0 Å². The van der Waals surface area contributed by atoms with Crippen molar-refractivity contribution in [2.45, 2.75) is 39.8 Å². The van der Waals surface area contributed by atoms with Crippen LogP contribution in [-0.4, -0.2) is 33.1 Å². The predicted octanol–water partition coefficient (Wildman–Crippen LogP) is 6.91. The number of hydrogen-bond donors (Lipinski definition) is 1. The fourth-order valence-electron chi connectivity index (χ4n) is 4.23. The molecule has 0 radical (unpaired) electrons. The number of aromatic nitrogens is 1. The highest BCUT2D eigenvalue weighted by molar-refractivity contribution is 8.18. The lowest BCUT2D eigenvalue weighted by Gasteiger charge is -2.13. The minimum atomic E-state index is -4.48. The van der Waals surface area contributed by atoms with Crippen molar-refractivity contribution in [2.75, 3.05) is 11.9 Å². The van der Waals surface area contributed by atoms with Gasteiger partial charge in [0.1, 0.15) is 6.54 Å². The number of alkyl halides is 3.